The van der Waals surface area contributed by atoms with Crippen molar-refractivity contribution in [2.45, 2.75) is 31.1 Å². The molecule has 2 N–H and O–H groups in total. The molecule has 124 valence electrons. The van der Waals surface area contributed by atoms with Crippen molar-refractivity contribution in [2.75, 3.05) is 19.7 Å². The van der Waals surface area contributed by atoms with E-state index in [4.69, 9.17) is 16.3 Å². The zero-order chi connectivity index (χ0) is 16.4. The Labute approximate surface area is 139 Å². The highest BCUT2D eigenvalue weighted by Crippen LogP contribution is 2.30. The van der Waals surface area contributed by atoms with Gasteiger partial charge in [-0.2, -0.15) is 0 Å². The Morgan fingerprint density at radius 3 is 2.70 bits per heavy atom. The molecule has 0 bridgehead atoms. The van der Waals surface area contributed by atoms with Crippen molar-refractivity contribution in [3.8, 4) is 0 Å². The molecule has 0 aliphatic carbocycles. The largest absolute Gasteiger partial charge is 0.393 e. The van der Waals surface area contributed by atoms with E-state index in [1.165, 1.54) is 0 Å². The zero-order valence-electron chi connectivity index (χ0n) is 12.6. The van der Waals surface area contributed by atoms with Crippen molar-refractivity contribution in [3.05, 3.63) is 34.9 Å². The third-order valence-electron chi connectivity index (χ3n) is 4.27. The number of piperidine rings is 1. The van der Waals surface area contributed by atoms with E-state index < -0.39 is 12.1 Å². The molecule has 2 aliphatic heterocycles. The molecule has 2 atom stereocenters. The van der Waals surface area contributed by atoms with E-state index in [0.29, 0.717) is 36.5 Å². The van der Waals surface area contributed by atoms with E-state index >= 15 is 0 Å². The Morgan fingerprint density at radius 2 is 2.00 bits per heavy atom. The average molecular weight is 339 g/mol. The smallest absolute Gasteiger partial charge is 0.254 e. The van der Waals surface area contributed by atoms with Crippen molar-refractivity contribution in [1.82, 2.24) is 10.2 Å². The molecule has 23 heavy (non-hydrogen) atoms. The third-order valence-corrected chi connectivity index (χ3v) is 4.62. The maximum absolute atomic E-state index is 12.8. The molecule has 7 heteroatoms. The quantitative estimate of drug-likeness (QED) is 0.839. The predicted molar refractivity (Wildman–Crippen MR) is 83.9 cm³/mol. The molecule has 2 amide bonds. The summed E-state index contributed by atoms with van der Waals surface area (Å²) in [7, 11) is 0. The fourth-order valence-corrected chi connectivity index (χ4v) is 3.25. The molecule has 0 radical (unpaired) electrons. The molecule has 2 fully saturated rings. The van der Waals surface area contributed by atoms with Gasteiger partial charge in [-0.1, -0.05) is 29.8 Å². The Morgan fingerprint density at radius 1 is 1.30 bits per heavy atom. The number of aliphatic hydroxyl groups excluding tert-OH is 1. The molecule has 0 aromatic heterocycles. The summed E-state index contributed by atoms with van der Waals surface area (Å²) in [4.78, 5) is 26.2. The third kappa shape index (κ3) is 3.49. The van der Waals surface area contributed by atoms with Gasteiger partial charge < -0.3 is 20.1 Å². The van der Waals surface area contributed by atoms with Gasteiger partial charge in [0, 0.05) is 18.1 Å². The standard InChI is InChI=1S/C16H19ClN2O4/c17-12-4-2-1-3-11(12)14-15(23-9-13(21)18-14)16(22)19-7-5-10(20)6-8-19/h1-4,10,14-15,20H,5-9H2,(H,18,21)/t14-,15+/m1/s1. The second kappa shape index (κ2) is 6.86. The Balaban J connectivity index is 1.82. The van der Waals surface area contributed by atoms with Gasteiger partial charge in [-0.15, -0.1) is 0 Å². The number of likely N-dealkylation sites (tertiary alicyclic amines) is 1. The number of nitrogens with zero attached hydrogens (tertiary/aromatic N) is 1. The van der Waals surface area contributed by atoms with Crippen molar-refractivity contribution in [2.24, 2.45) is 0 Å². The van der Waals surface area contributed by atoms with Gasteiger partial charge in [-0.3, -0.25) is 9.59 Å². The fraction of sp³-hybridized carbons (Fsp3) is 0.500. The zero-order valence-corrected chi connectivity index (χ0v) is 13.3. The summed E-state index contributed by atoms with van der Waals surface area (Å²) < 4.78 is 5.53. The Hall–Kier alpha value is -1.63. The van der Waals surface area contributed by atoms with Gasteiger partial charge >= 0.3 is 0 Å². The van der Waals surface area contributed by atoms with Crippen LogP contribution < -0.4 is 5.32 Å². The number of hydrogen-bond donors (Lipinski definition) is 2. The predicted octanol–water partition coefficient (Wildman–Crippen LogP) is 0.879. The van der Waals surface area contributed by atoms with E-state index in [9.17, 15) is 14.7 Å². The van der Waals surface area contributed by atoms with E-state index in [2.05, 4.69) is 5.32 Å². The second-order valence-corrected chi connectivity index (χ2v) is 6.26. The van der Waals surface area contributed by atoms with Gasteiger partial charge in [0.25, 0.3) is 5.91 Å². The molecule has 2 aliphatic rings. The minimum atomic E-state index is -0.803. The first-order valence-corrected chi connectivity index (χ1v) is 8.06. The number of nitrogens with one attached hydrogen (secondary N) is 1. The minimum Gasteiger partial charge on any atom is -0.393 e. The molecular weight excluding hydrogens is 320 g/mol. The van der Waals surface area contributed by atoms with E-state index in [1.54, 1.807) is 29.2 Å². The summed E-state index contributed by atoms with van der Waals surface area (Å²) in [6.45, 7) is 0.833. The first-order valence-electron chi connectivity index (χ1n) is 7.68. The average Bonchev–Trinajstić information content (AvgIpc) is 2.55. The SMILES string of the molecule is O=C1CO[C@H](C(=O)N2CCC(O)CC2)[C@@H](c2ccccc2Cl)N1. The van der Waals surface area contributed by atoms with Crippen LogP contribution in [0.5, 0.6) is 0 Å². The molecule has 3 rings (SSSR count). The normalized spacial score (nSPS) is 26.0. The number of amides is 2. The van der Waals surface area contributed by atoms with Gasteiger partial charge in [0.1, 0.15) is 6.61 Å². The number of halogens is 1. The lowest BCUT2D eigenvalue weighted by atomic mass is 9.97. The van der Waals surface area contributed by atoms with Gasteiger partial charge in [-0.05, 0) is 24.5 Å². The molecular formula is C16H19ClN2O4. The lowest BCUT2D eigenvalue weighted by Gasteiger charge is -2.37. The molecule has 0 spiro atoms. The van der Waals surface area contributed by atoms with Gasteiger partial charge in [0.15, 0.2) is 6.10 Å². The summed E-state index contributed by atoms with van der Waals surface area (Å²) >= 11 is 6.22. The summed E-state index contributed by atoms with van der Waals surface area (Å²) in [5, 5.41) is 12.9. The highest BCUT2D eigenvalue weighted by atomic mass is 35.5. The maximum Gasteiger partial charge on any atom is 0.254 e. The van der Waals surface area contributed by atoms with Crippen LogP contribution in [-0.2, 0) is 14.3 Å². The van der Waals surface area contributed by atoms with Crippen LogP contribution in [0.4, 0.5) is 0 Å². The number of benzene rings is 1. The number of hydrogen-bond acceptors (Lipinski definition) is 4. The molecule has 1 aromatic rings. The van der Waals surface area contributed by atoms with Crippen molar-refractivity contribution in [3.63, 3.8) is 0 Å². The Kier molecular flexibility index (Phi) is 4.84. The molecule has 1 aromatic carbocycles. The van der Waals surface area contributed by atoms with Crippen LogP contribution in [-0.4, -0.2) is 53.7 Å². The summed E-state index contributed by atoms with van der Waals surface area (Å²) in [5.41, 5.74) is 0.664. The van der Waals surface area contributed by atoms with Crippen LogP contribution in [0.15, 0.2) is 24.3 Å². The highest BCUT2D eigenvalue weighted by molar-refractivity contribution is 6.31. The van der Waals surface area contributed by atoms with E-state index in [0.717, 1.165) is 0 Å². The number of aliphatic hydroxyl groups is 1. The topological polar surface area (TPSA) is 78.9 Å². The lowest BCUT2D eigenvalue weighted by molar-refractivity contribution is -0.156. The van der Waals surface area contributed by atoms with Crippen molar-refractivity contribution < 1.29 is 19.4 Å². The first-order chi connectivity index (χ1) is 11.1. The van der Waals surface area contributed by atoms with Crippen LogP contribution >= 0.6 is 11.6 Å². The van der Waals surface area contributed by atoms with Gasteiger partial charge in [0.05, 0.1) is 12.1 Å². The van der Waals surface area contributed by atoms with E-state index in [1.807, 2.05) is 0 Å². The molecule has 0 saturated carbocycles. The van der Waals surface area contributed by atoms with Crippen molar-refractivity contribution >= 4 is 23.4 Å². The molecule has 2 saturated heterocycles. The van der Waals surface area contributed by atoms with Gasteiger partial charge in [-0.25, -0.2) is 0 Å². The lowest BCUT2D eigenvalue weighted by Crippen LogP contribution is -2.54. The number of carbonyl (C=O) groups is 2. The summed E-state index contributed by atoms with van der Waals surface area (Å²) in [6, 6.07) is 6.49. The monoisotopic (exact) mass is 338 g/mol. The first kappa shape index (κ1) is 16.2. The second-order valence-electron chi connectivity index (χ2n) is 5.85. The van der Waals surface area contributed by atoms with Gasteiger partial charge in [0.2, 0.25) is 5.91 Å². The number of carbonyl (C=O) groups excluding carboxylic acids is 2. The number of ether oxygens (including phenoxy) is 1. The van der Waals surface area contributed by atoms with Crippen molar-refractivity contribution in [1.29, 1.82) is 0 Å². The highest BCUT2D eigenvalue weighted by Gasteiger charge is 2.39. The number of rotatable bonds is 2. The number of morpholine rings is 1. The minimum absolute atomic E-state index is 0.145. The van der Waals surface area contributed by atoms with Crippen LogP contribution in [0.2, 0.25) is 5.02 Å². The molecule has 6 nitrogen and oxygen atoms in total. The summed E-state index contributed by atoms with van der Waals surface area (Å²) in [6.07, 6.45) is -0.0448. The Bertz CT molecular complexity index is 601. The van der Waals surface area contributed by atoms with Crippen LogP contribution in [0.25, 0.3) is 0 Å². The maximum atomic E-state index is 12.8. The molecule has 2 heterocycles. The van der Waals surface area contributed by atoms with E-state index in [-0.39, 0.29) is 24.5 Å². The van der Waals surface area contributed by atoms with Crippen LogP contribution in [0.1, 0.15) is 24.4 Å². The summed E-state index contributed by atoms with van der Waals surface area (Å²) in [5.74, 6) is -0.449. The van der Waals surface area contributed by atoms with Crippen LogP contribution in [0.3, 0.4) is 0 Å². The van der Waals surface area contributed by atoms with Crippen LogP contribution in [0, 0.1) is 0 Å². The molecule has 0 unspecified atom stereocenters. The fourth-order valence-electron chi connectivity index (χ4n) is 3.00.